The molecule has 0 aromatic heterocycles. The molecule has 0 N–H and O–H groups in total. The predicted molar refractivity (Wildman–Crippen MR) is 296 cm³/mol. The van der Waals surface area contributed by atoms with Crippen LogP contribution in [0.15, 0.2) is 273 Å². The third-order valence-corrected chi connectivity index (χ3v) is 15.3. The van der Waals surface area contributed by atoms with Crippen LogP contribution in [0.5, 0.6) is 0 Å². The lowest BCUT2D eigenvalue weighted by Gasteiger charge is -2.36. The fourth-order valence-corrected chi connectivity index (χ4v) is 12.4. The van der Waals surface area contributed by atoms with E-state index in [0.717, 1.165) is 17.1 Å². The van der Waals surface area contributed by atoms with E-state index < -0.39 is 10.8 Å². The monoisotopic (exact) mass is 905 g/mol. The van der Waals surface area contributed by atoms with Crippen LogP contribution in [0.4, 0.5) is 17.1 Å². The van der Waals surface area contributed by atoms with E-state index in [-0.39, 0.29) is 0 Å². The Balaban J connectivity index is 1.03. The number of hydrogen-bond acceptors (Lipinski definition) is 1. The van der Waals surface area contributed by atoms with E-state index in [1.807, 2.05) is 0 Å². The molecule has 11 aromatic rings. The molecule has 2 aliphatic carbocycles. The smallest absolute Gasteiger partial charge is 0.0714 e. The summed E-state index contributed by atoms with van der Waals surface area (Å²) in [7, 11) is 0. The van der Waals surface area contributed by atoms with Gasteiger partial charge in [0.15, 0.2) is 0 Å². The van der Waals surface area contributed by atoms with Crippen LogP contribution >= 0.6 is 0 Å². The van der Waals surface area contributed by atoms with Gasteiger partial charge in [0.05, 0.1) is 10.8 Å². The molecule has 13 rings (SSSR count). The molecule has 0 saturated heterocycles. The molecule has 1 heteroatoms. The van der Waals surface area contributed by atoms with Crippen LogP contribution in [0, 0.1) is 13.8 Å². The molecule has 0 bridgehead atoms. The number of hydrogen-bond donors (Lipinski definition) is 0. The number of benzene rings is 11. The maximum Gasteiger partial charge on any atom is 0.0714 e. The summed E-state index contributed by atoms with van der Waals surface area (Å²) >= 11 is 0. The average molecular weight is 906 g/mol. The lowest BCUT2D eigenvalue weighted by atomic mass is 9.67. The van der Waals surface area contributed by atoms with Crippen LogP contribution in [-0.2, 0) is 10.8 Å². The first-order valence-corrected chi connectivity index (χ1v) is 24.8. The zero-order valence-corrected chi connectivity index (χ0v) is 39.9. The number of fused-ring (bicyclic) bond motifs is 6. The highest BCUT2D eigenvalue weighted by molar-refractivity contribution is 5.92. The molecule has 1 nitrogen and oxygen atoms in total. The summed E-state index contributed by atoms with van der Waals surface area (Å²) in [6, 6.07) is 102. The first-order chi connectivity index (χ1) is 35.0. The molecule has 71 heavy (non-hydrogen) atoms. The lowest BCUT2D eigenvalue weighted by molar-refractivity contribution is 0.767. The fraction of sp³-hybridized carbons (Fsp3) is 0.0571. The number of aryl methyl sites for hydroxylation is 2. The molecule has 2 aliphatic rings. The van der Waals surface area contributed by atoms with Crippen LogP contribution in [0.3, 0.4) is 0 Å². The van der Waals surface area contributed by atoms with Crippen LogP contribution < -0.4 is 4.90 Å². The second kappa shape index (κ2) is 17.0. The predicted octanol–water partition coefficient (Wildman–Crippen LogP) is 17.8. The number of anilines is 3. The Labute approximate surface area is 417 Å². The molecule has 0 saturated carbocycles. The van der Waals surface area contributed by atoms with E-state index in [9.17, 15) is 0 Å². The molecule has 0 aliphatic heterocycles. The zero-order chi connectivity index (χ0) is 47.5. The Morgan fingerprint density at radius 2 is 0.549 bits per heavy atom. The maximum absolute atomic E-state index is 2.49. The second-order valence-electron chi connectivity index (χ2n) is 19.4. The van der Waals surface area contributed by atoms with E-state index in [0.29, 0.717) is 0 Å². The van der Waals surface area contributed by atoms with Crippen molar-refractivity contribution in [3.63, 3.8) is 0 Å². The SMILES string of the molecule is Cc1cc(C)cc(-c2ccc(-c3ccc(N(c4ccc5c(c4)C(c4ccccc4)(c4ccccc4)c4ccccc4-5)c4ccc5c(c4)C(c4ccccc4)(c4ccccc4)c4ccccc4-5)cc3)cc2)c1. The third kappa shape index (κ3) is 6.68. The summed E-state index contributed by atoms with van der Waals surface area (Å²) in [5.41, 5.74) is 24.8. The van der Waals surface area contributed by atoms with Gasteiger partial charge in [-0.2, -0.15) is 0 Å². The molecular formula is C70H51N. The molecular weight excluding hydrogens is 855 g/mol. The Hall–Kier alpha value is -8.78. The van der Waals surface area contributed by atoms with Gasteiger partial charge in [0.25, 0.3) is 0 Å². The van der Waals surface area contributed by atoms with Gasteiger partial charge in [-0.1, -0.05) is 248 Å². The van der Waals surface area contributed by atoms with E-state index in [1.54, 1.807) is 0 Å². The van der Waals surface area contributed by atoms with Gasteiger partial charge in [-0.3, -0.25) is 0 Å². The Bertz CT molecular complexity index is 3460. The van der Waals surface area contributed by atoms with Gasteiger partial charge in [0, 0.05) is 17.1 Å². The van der Waals surface area contributed by atoms with Gasteiger partial charge in [-0.05, 0) is 139 Å². The quantitative estimate of drug-likeness (QED) is 0.139. The highest BCUT2D eigenvalue weighted by atomic mass is 15.1. The molecule has 11 aromatic carbocycles. The molecule has 0 radical (unpaired) electrons. The lowest BCUT2D eigenvalue weighted by Crippen LogP contribution is -2.29. The van der Waals surface area contributed by atoms with Gasteiger partial charge in [-0.15, -0.1) is 0 Å². The summed E-state index contributed by atoms with van der Waals surface area (Å²) in [6.07, 6.45) is 0. The second-order valence-corrected chi connectivity index (χ2v) is 19.4. The highest BCUT2D eigenvalue weighted by Crippen LogP contribution is 2.59. The third-order valence-electron chi connectivity index (χ3n) is 15.3. The van der Waals surface area contributed by atoms with Crippen molar-refractivity contribution in [3.05, 3.63) is 329 Å². The minimum Gasteiger partial charge on any atom is -0.310 e. The Kier molecular flexibility index (Phi) is 10.1. The molecule has 0 heterocycles. The minimum atomic E-state index is -0.543. The van der Waals surface area contributed by atoms with Crippen molar-refractivity contribution in [2.45, 2.75) is 24.7 Å². The minimum absolute atomic E-state index is 0.543. The Morgan fingerprint density at radius 3 is 0.944 bits per heavy atom. The molecule has 336 valence electrons. The molecule has 0 spiro atoms. The van der Waals surface area contributed by atoms with Crippen molar-refractivity contribution in [3.8, 4) is 44.5 Å². The first kappa shape index (κ1) is 42.3. The Morgan fingerprint density at radius 1 is 0.239 bits per heavy atom. The van der Waals surface area contributed by atoms with Crippen LogP contribution in [0.1, 0.15) is 55.6 Å². The van der Waals surface area contributed by atoms with Crippen molar-refractivity contribution in [1.29, 1.82) is 0 Å². The zero-order valence-electron chi connectivity index (χ0n) is 39.9. The summed E-state index contributed by atoms with van der Waals surface area (Å²) < 4.78 is 0. The molecule has 0 amide bonds. The molecule has 0 atom stereocenters. The van der Waals surface area contributed by atoms with Crippen molar-refractivity contribution >= 4 is 17.1 Å². The first-order valence-electron chi connectivity index (χ1n) is 24.8. The largest absolute Gasteiger partial charge is 0.310 e. The summed E-state index contributed by atoms with van der Waals surface area (Å²) in [5, 5.41) is 0. The normalized spacial score (nSPS) is 13.4. The van der Waals surface area contributed by atoms with Crippen molar-refractivity contribution in [2.75, 3.05) is 4.90 Å². The molecule has 0 fully saturated rings. The van der Waals surface area contributed by atoms with E-state index in [4.69, 9.17) is 0 Å². The van der Waals surface area contributed by atoms with Crippen molar-refractivity contribution < 1.29 is 0 Å². The van der Waals surface area contributed by atoms with Crippen molar-refractivity contribution in [1.82, 2.24) is 0 Å². The number of nitrogens with zero attached hydrogens (tertiary/aromatic N) is 1. The van der Waals surface area contributed by atoms with Gasteiger partial charge in [-0.25, -0.2) is 0 Å². The van der Waals surface area contributed by atoms with Gasteiger partial charge < -0.3 is 4.90 Å². The maximum atomic E-state index is 2.49. The fourth-order valence-electron chi connectivity index (χ4n) is 12.4. The van der Waals surface area contributed by atoms with Crippen LogP contribution in [0.25, 0.3) is 44.5 Å². The van der Waals surface area contributed by atoms with Gasteiger partial charge in [0.1, 0.15) is 0 Å². The standard InChI is InChI=1S/C70H51N/c1-48-43-49(2)45-53(44-48)52-33-31-50(32-34-52)51-35-37-58(38-36-51)71(59-39-41-63-61-27-15-17-29-65(61)69(67(63)46-59,54-19-7-3-8-20-54)55-21-9-4-10-22-55)60-40-42-64-62-28-16-18-30-66(62)70(68(64)47-60,56-23-11-5-12-24-56)57-25-13-6-14-26-57/h3-47H,1-2H3. The summed E-state index contributed by atoms with van der Waals surface area (Å²) in [6.45, 7) is 4.34. The molecule has 0 unspecified atom stereocenters. The topological polar surface area (TPSA) is 3.24 Å². The number of rotatable bonds is 9. The van der Waals surface area contributed by atoms with E-state index in [2.05, 4.69) is 292 Å². The van der Waals surface area contributed by atoms with Gasteiger partial charge in [0.2, 0.25) is 0 Å². The summed E-state index contributed by atoms with van der Waals surface area (Å²) in [5.74, 6) is 0. The summed E-state index contributed by atoms with van der Waals surface area (Å²) in [4.78, 5) is 2.49. The van der Waals surface area contributed by atoms with E-state index >= 15 is 0 Å². The van der Waals surface area contributed by atoms with E-state index in [1.165, 1.54) is 100 Å². The van der Waals surface area contributed by atoms with Crippen LogP contribution in [-0.4, -0.2) is 0 Å². The highest BCUT2D eigenvalue weighted by Gasteiger charge is 2.48. The van der Waals surface area contributed by atoms with Gasteiger partial charge >= 0.3 is 0 Å². The van der Waals surface area contributed by atoms with Crippen LogP contribution in [0.2, 0.25) is 0 Å². The average Bonchev–Trinajstić information content (AvgIpc) is 3.90. The van der Waals surface area contributed by atoms with Crippen molar-refractivity contribution in [2.24, 2.45) is 0 Å².